The second kappa shape index (κ2) is 6.24. The summed E-state index contributed by atoms with van der Waals surface area (Å²) < 4.78 is 13.2. The zero-order valence-electron chi connectivity index (χ0n) is 9.64. The van der Waals surface area contributed by atoms with E-state index < -0.39 is 41.8 Å². The third-order valence-electron chi connectivity index (χ3n) is 2.54. The molecule has 0 aromatic heterocycles. The van der Waals surface area contributed by atoms with E-state index in [-0.39, 0.29) is 10.2 Å². The van der Waals surface area contributed by atoms with Crippen molar-refractivity contribution >= 4 is 27.3 Å². The Morgan fingerprint density at radius 1 is 1.32 bits per heavy atom. The molecule has 0 amide bonds. The summed E-state index contributed by atoms with van der Waals surface area (Å²) in [4.78, 5) is 10.0. The first-order chi connectivity index (χ1) is 8.89. The number of aliphatic hydroxyl groups is 3. The molecule has 19 heavy (non-hydrogen) atoms. The van der Waals surface area contributed by atoms with Crippen LogP contribution >= 0.6 is 15.9 Å². The van der Waals surface area contributed by atoms with E-state index in [9.17, 15) is 14.5 Å². The van der Waals surface area contributed by atoms with E-state index in [1.54, 1.807) is 0 Å². The first-order valence-electron chi connectivity index (χ1n) is 5.13. The van der Waals surface area contributed by atoms with Gasteiger partial charge in [-0.05, 0) is 22.0 Å². The van der Waals surface area contributed by atoms with Crippen LogP contribution in [0, 0.1) is 15.9 Å². The van der Waals surface area contributed by atoms with Crippen molar-refractivity contribution in [2.75, 3.05) is 25.1 Å². The molecule has 9 heteroatoms. The maximum atomic E-state index is 13.3. The molecule has 0 aliphatic carbocycles. The normalized spacial score (nSPS) is 11.4. The molecule has 0 radical (unpaired) electrons. The van der Waals surface area contributed by atoms with Gasteiger partial charge < -0.3 is 20.6 Å². The van der Waals surface area contributed by atoms with Crippen molar-refractivity contribution < 1.29 is 24.6 Å². The average Bonchev–Trinajstić information content (AvgIpc) is 2.39. The molecule has 7 nitrogen and oxygen atoms in total. The minimum Gasteiger partial charge on any atom is -0.394 e. The Bertz CT molecular complexity index is 473. The lowest BCUT2D eigenvalue weighted by molar-refractivity contribution is -0.384. The van der Waals surface area contributed by atoms with Gasteiger partial charge in [0.2, 0.25) is 0 Å². The van der Waals surface area contributed by atoms with Crippen LogP contribution in [0.2, 0.25) is 0 Å². The van der Waals surface area contributed by atoms with Crippen molar-refractivity contribution in [3.8, 4) is 0 Å². The molecule has 0 atom stereocenters. The van der Waals surface area contributed by atoms with Crippen molar-refractivity contribution in [1.29, 1.82) is 0 Å². The number of hydrogen-bond donors (Lipinski definition) is 4. The van der Waals surface area contributed by atoms with Crippen LogP contribution in [0.4, 0.5) is 15.8 Å². The Hall–Kier alpha value is -1.29. The van der Waals surface area contributed by atoms with Crippen molar-refractivity contribution in [3.63, 3.8) is 0 Å². The molecule has 1 rings (SSSR count). The van der Waals surface area contributed by atoms with Crippen LogP contribution in [0.3, 0.4) is 0 Å². The molecule has 0 saturated heterocycles. The Balaban J connectivity index is 3.26. The lowest BCUT2D eigenvalue weighted by Gasteiger charge is -2.29. The van der Waals surface area contributed by atoms with Gasteiger partial charge in [-0.3, -0.25) is 10.1 Å². The molecule has 1 aromatic rings. The molecule has 1 aromatic carbocycles. The van der Waals surface area contributed by atoms with Gasteiger partial charge in [-0.25, -0.2) is 4.39 Å². The van der Waals surface area contributed by atoms with Gasteiger partial charge in [0.1, 0.15) is 17.0 Å². The zero-order chi connectivity index (χ0) is 14.6. The molecule has 0 aliphatic rings. The lowest BCUT2D eigenvalue weighted by Crippen LogP contribution is -2.49. The largest absolute Gasteiger partial charge is 0.394 e. The number of aliphatic hydroxyl groups excluding tert-OH is 3. The number of nitro groups is 1. The predicted octanol–water partition coefficient (Wildman–Crippen LogP) is 0.624. The van der Waals surface area contributed by atoms with E-state index in [0.717, 1.165) is 6.07 Å². The maximum Gasteiger partial charge on any atom is 0.295 e. The summed E-state index contributed by atoms with van der Waals surface area (Å²) >= 11 is 2.88. The van der Waals surface area contributed by atoms with E-state index in [1.807, 2.05) is 0 Å². The van der Waals surface area contributed by atoms with E-state index in [2.05, 4.69) is 21.2 Å². The summed E-state index contributed by atoms with van der Waals surface area (Å²) in [6, 6.07) is 1.80. The fourth-order valence-corrected chi connectivity index (χ4v) is 1.69. The number of hydrogen-bond acceptors (Lipinski definition) is 6. The van der Waals surface area contributed by atoms with Gasteiger partial charge >= 0.3 is 0 Å². The quantitative estimate of drug-likeness (QED) is 0.446. The first-order valence-corrected chi connectivity index (χ1v) is 5.92. The second-order valence-corrected chi connectivity index (χ2v) is 4.77. The summed E-state index contributed by atoms with van der Waals surface area (Å²) in [5, 5.41) is 40.8. The SMILES string of the molecule is O=[N+]([O-])c1cc(F)c(Br)cc1NC(CO)(CO)CO. The standard InChI is InChI=1S/C10H12BrFN2O5/c11-6-1-8(9(14(18)19)2-7(6)12)13-10(3-15,4-16)5-17/h1-2,13,15-17H,3-5H2. The number of nitrogens with zero attached hydrogens (tertiary/aromatic N) is 1. The van der Waals surface area contributed by atoms with Crippen LogP contribution in [0.15, 0.2) is 16.6 Å². The van der Waals surface area contributed by atoms with Gasteiger partial charge in [-0.2, -0.15) is 0 Å². The van der Waals surface area contributed by atoms with E-state index in [1.165, 1.54) is 0 Å². The molecule has 0 heterocycles. The summed E-state index contributed by atoms with van der Waals surface area (Å²) in [5.74, 6) is -0.820. The number of halogens is 2. The highest BCUT2D eigenvalue weighted by Crippen LogP contribution is 2.32. The molecule has 0 spiro atoms. The van der Waals surface area contributed by atoms with Gasteiger partial charge in [-0.1, -0.05) is 0 Å². The molecular formula is C10H12BrFN2O5. The summed E-state index contributed by atoms with van der Waals surface area (Å²) in [5.41, 5.74) is -2.24. The molecule has 4 N–H and O–H groups in total. The van der Waals surface area contributed by atoms with Crippen LogP contribution < -0.4 is 5.32 Å². The maximum absolute atomic E-state index is 13.3. The highest BCUT2D eigenvalue weighted by molar-refractivity contribution is 9.10. The summed E-state index contributed by atoms with van der Waals surface area (Å²) in [7, 11) is 0. The van der Waals surface area contributed by atoms with Crippen LogP contribution in [0.25, 0.3) is 0 Å². The zero-order valence-corrected chi connectivity index (χ0v) is 11.2. The number of anilines is 1. The van der Waals surface area contributed by atoms with E-state index in [4.69, 9.17) is 15.3 Å². The molecule has 0 saturated carbocycles. The Morgan fingerprint density at radius 2 is 1.84 bits per heavy atom. The Kier molecular flexibility index (Phi) is 5.18. The molecule has 0 unspecified atom stereocenters. The average molecular weight is 339 g/mol. The van der Waals surface area contributed by atoms with Gasteiger partial charge in [-0.15, -0.1) is 0 Å². The Morgan fingerprint density at radius 3 is 2.26 bits per heavy atom. The smallest absolute Gasteiger partial charge is 0.295 e. The highest BCUT2D eigenvalue weighted by Gasteiger charge is 2.31. The third-order valence-corrected chi connectivity index (χ3v) is 3.15. The van der Waals surface area contributed by atoms with Crippen LogP contribution in [-0.4, -0.2) is 45.6 Å². The molecule has 0 fully saturated rings. The first kappa shape index (κ1) is 15.8. The van der Waals surface area contributed by atoms with Crippen LogP contribution in [0.1, 0.15) is 0 Å². The lowest BCUT2D eigenvalue weighted by atomic mass is 10.0. The van der Waals surface area contributed by atoms with Crippen molar-refractivity contribution in [3.05, 3.63) is 32.5 Å². The third kappa shape index (κ3) is 3.38. The van der Waals surface area contributed by atoms with E-state index in [0.29, 0.717) is 6.07 Å². The summed E-state index contributed by atoms with van der Waals surface area (Å²) in [6.45, 7) is -1.98. The fraction of sp³-hybridized carbons (Fsp3) is 0.400. The molecule has 106 valence electrons. The monoisotopic (exact) mass is 338 g/mol. The number of benzene rings is 1. The minimum absolute atomic E-state index is 0.0247. The van der Waals surface area contributed by atoms with Gasteiger partial charge in [0, 0.05) is 0 Å². The second-order valence-electron chi connectivity index (χ2n) is 3.92. The van der Waals surface area contributed by atoms with Gasteiger partial charge in [0.15, 0.2) is 0 Å². The fourth-order valence-electron chi connectivity index (χ4n) is 1.34. The van der Waals surface area contributed by atoms with Crippen molar-refractivity contribution in [1.82, 2.24) is 0 Å². The molecule has 0 bridgehead atoms. The number of rotatable bonds is 6. The Labute approximate surface area is 116 Å². The minimum atomic E-state index is -1.54. The van der Waals surface area contributed by atoms with E-state index >= 15 is 0 Å². The molecular weight excluding hydrogens is 327 g/mol. The highest BCUT2D eigenvalue weighted by atomic mass is 79.9. The van der Waals surface area contributed by atoms with Crippen molar-refractivity contribution in [2.24, 2.45) is 0 Å². The van der Waals surface area contributed by atoms with Gasteiger partial charge in [0.05, 0.1) is 35.3 Å². The van der Waals surface area contributed by atoms with Crippen molar-refractivity contribution in [2.45, 2.75) is 5.54 Å². The number of nitro benzene ring substituents is 1. The molecule has 0 aliphatic heterocycles. The summed E-state index contributed by atoms with van der Waals surface area (Å²) in [6.07, 6.45) is 0. The van der Waals surface area contributed by atoms with Crippen LogP contribution in [-0.2, 0) is 0 Å². The topological polar surface area (TPSA) is 116 Å². The van der Waals surface area contributed by atoms with Crippen LogP contribution in [0.5, 0.6) is 0 Å². The van der Waals surface area contributed by atoms with Gasteiger partial charge in [0.25, 0.3) is 5.69 Å². The predicted molar refractivity (Wildman–Crippen MR) is 68.4 cm³/mol. The number of nitrogens with one attached hydrogen (secondary N) is 1.